The maximum Gasteiger partial charge on any atom is 0.307 e. The number of halogens is 1. The number of aliphatic carboxylic acids is 1. The van der Waals surface area contributed by atoms with Crippen LogP contribution < -0.4 is 10.1 Å². The Morgan fingerprint density at radius 2 is 2.20 bits per heavy atom. The van der Waals surface area contributed by atoms with Gasteiger partial charge in [0.25, 0.3) is 0 Å². The van der Waals surface area contributed by atoms with Crippen molar-refractivity contribution in [1.29, 1.82) is 0 Å². The third kappa shape index (κ3) is 3.50. The van der Waals surface area contributed by atoms with E-state index < -0.39 is 11.9 Å². The van der Waals surface area contributed by atoms with Gasteiger partial charge in [-0.1, -0.05) is 15.9 Å². The third-order valence-corrected chi connectivity index (χ3v) is 4.16. The number of benzene rings is 1. The van der Waals surface area contributed by atoms with E-state index in [-0.39, 0.29) is 11.8 Å². The molecule has 6 heteroatoms. The van der Waals surface area contributed by atoms with Gasteiger partial charge in [-0.15, -0.1) is 0 Å². The highest BCUT2D eigenvalue weighted by molar-refractivity contribution is 9.10. The number of hydrogen-bond acceptors (Lipinski definition) is 3. The van der Waals surface area contributed by atoms with Crippen LogP contribution in [0.2, 0.25) is 0 Å². The number of carboxylic acid groups (broad SMARTS) is 1. The van der Waals surface area contributed by atoms with Gasteiger partial charge in [0.2, 0.25) is 5.91 Å². The number of rotatable bonds is 6. The van der Waals surface area contributed by atoms with Crippen LogP contribution in [0.1, 0.15) is 12.0 Å². The minimum Gasteiger partial charge on any atom is -0.497 e. The summed E-state index contributed by atoms with van der Waals surface area (Å²) in [6.07, 6.45) is 1.11. The lowest BCUT2D eigenvalue weighted by atomic mass is 10.1. The molecule has 1 aromatic rings. The maximum atomic E-state index is 11.7. The second kappa shape index (κ2) is 6.26. The predicted molar refractivity (Wildman–Crippen MR) is 76.6 cm³/mol. The van der Waals surface area contributed by atoms with Crippen LogP contribution in [0.25, 0.3) is 0 Å². The molecular weight excluding hydrogens is 326 g/mol. The number of carbonyl (C=O) groups excluding carboxylic acids is 1. The fourth-order valence-corrected chi connectivity index (χ4v) is 2.52. The van der Waals surface area contributed by atoms with Crippen LogP contribution in [0.3, 0.4) is 0 Å². The van der Waals surface area contributed by atoms with Crippen molar-refractivity contribution in [2.45, 2.75) is 12.8 Å². The predicted octanol–water partition coefficient (Wildman–Crippen LogP) is 1.84. The lowest BCUT2D eigenvalue weighted by molar-refractivity contribution is -0.140. The highest BCUT2D eigenvalue weighted by Crippen LogP contribution is 2.38. The van der Waals surface area contributed by atoms with Crippen LogP contribution in [0.4, 0.5) is 0 Å². The van der Waals surface area contributed by atoms with Gasteiger partial charge >= 0.3 is 5.97 Å². The fourth-order valence-electron chi connectivity index (χ4n) is 2.08. The Hall–Kier alpha value is -1.56. The normalized spacial score (nSPS) is 20.3. The highest BCUT2D eigenvalue weighted by atomic mass is 79.9. The van der Waals surface area contributed by atoms with Crippen molar-refractivity contribution in [3.8, 4) is 5.75 Å². The first-order chi connectivity index (χ1) is 9.52. The van der Waals surface area contributed by atoms with E-state index in [1.807, 2.05) is 18.2 Å². The second-order valence-electron chi connectivity index (χ2n) is 4.79. The van der Waals surface area contributed by atoms with Gasteiger partial charge < -0.3 is 15.2 Å². The van der Waals surface area contributed by atoms with Crippen molar-refractivity contribution in [2.24, 2.45) is 11.8 Å². The van der Waals surface area contributed by atoms with Crippen molar-refractivity contribution >= 4 is 27.8 Å². The fraction of sp³-hybridized carbons (Fsp3) is 0.429. The Labute approximate surface area is 125 Å². The van der Waals surface area contributed by atoms with Crippen LogP contribution in [0, 0.1) is 11.8 Å². The van der Waals surface area contributed by atoms with Crippen molar-refractivity contribution in [3.63, 3.8) is 0 Å². The molecule has 2 N–H and O–H groups in total. The molecule has 1 fully saturated rings. The van der Waals surface area contributed by atoms with E-state index in [1.54, 1.807) is 7.11 Å². The lowest BCUT2D eigenvalue weighted by Gasteiger charge is -2.08. The Morgan fingerprint density at radius 1 is 1.45 bits per heavy atom. The Morgan fingerprint density at radius 3 is 2.80 bits per heavy atom. The van der Waals surface area contributed by atoms with E-state index in [0.717, 1.165) is 15.8 Å². The summed E-state index contributed by atoms with van der Waals surface area (Å²) in [7, 11) is 1.61. The standard InChI is InChI=1S/C14H16BrNO4/c1-20-9-2-3-12(15)8(6-9)4-5-16-13(17)10-7-11(10)14(18)19/h2-3,6,10-11H,4-5,7H2,1H3,(H,16,17)(H,18,19)/t10-,11-/m1/s1. The van der Waals surface area contributed by atoms with E-state index >= 15 is 0 Å². The Kier molecular flexibility index (Phi) is 4.65. The van der Waals surface area contributed by atoms with Crippen molar-refractivity contribution in [1.82, 2.24) is 5.32 Å². The number of ether oxygens (including phenoxy) is 1. The van der Waals surface area contributed by atoms with Crippen molar-refractivity contribution < 1.29 is 19.4 Å². The topological polar surface area (TPSA) is 75.6 Å². The molecule has 20 heavy (non-hydrogen) atoms. The molecule has 1 amide bonds. The molecule has 0 saturated heterocycles. The number of hydrogen-bond donors (Lipinski definition) is 2. The van der Waals surface area contributed by atoms with Gasteiger partial charge in [-0.05, 0) is 36.6 Å². The maximum absolute atomic E-state index is 11.7. The molecule has 1 aliphatic rings. The number of nitrogens with one attached hydrogen (secondary N) is 1. The van der Waals surface area contributed by atoms with Gasteiger partial charge in [0.1, 0.15) is 5.75 Å². The first-order valence-electron chi connectivity index (χ1n) is 6.36. The Bertz CT molecular complexity index is 532. The summed E-state index contributed by atoms with van der Waals surface area (Å²) in [5.41, 5.74) is 1.04. The van der Waals surface area contributed by atoms with E-state index in [4.69, 9.17) is 9.84 Å². The Balaban J connectivity index is 1.81. The molecule has 2 rings (SSSR count). The minimum atomic E-state index is -0.888. The number of methoxy groups -OCH3 is 1. The summed E-state index contributed by atoms with van der Waals surface area (Å²) >= 11 is 3.45. The molecule has 1 saturated carbocycles. The molecule has 0 unspecified atom stereocenters. The van der Waals surface area contributed by atoms with Crippen LogP contribution in [-0.2, 0) is 16.0 Å². The number of carbonyl (C=O) groups is 2. The van der Waals surface area contributed by atoms with E-state index in [0.29, 0.717) is 19.4 Å². The summed E-state index contributed by atoms with van der Waals surface area (Å²) in [5.74, 6) is -1.15. The molecule has 0 spiro atoms. The SMILES string of the molecule is COc1ccc(Br)c(CCNC(=O)[C@@H]2C[C@H]2C(=O)O)c1. The zero-order valence-electron chi connectivity index (χ0n) is 11.1. The van der Waals surface area contributed by atoms with E-state index in [2.05, 4.69) is 21.2 Å². The zero-order chi connectivity index (χ0) is 14.7. The average Bonchev–Trinajstić information content (AvgIpc) is 3.21. The average molecular weight is 342 g/mol. The molecule has 0 bridgehead atoms. The van der Waals surface area contributed by atoms with E-state index in [9.17, 15) is 9.59 Å². The molecule has 2 atom stereocenters. The lowest BCUT2D eigenvalue weighted by Crippen LogP contribution is -2.28. The van der Waals surface area contributed by atoms with Crippen LogP contribution in [-0.4, -0.2) is 30.6 Å². The first kappa shape index (κ1) is 14.8. The van der Waals surface area contributed by atoms with Gasteiger partial charge in [-0.25, -0.2) is 0 Å². The molecule has 0 radical (unpaired) electrons. The molecule has 0 heterocycles. The van der Waals surface area contributed by atoms with Gasteiger partial charge in [0.15, 0.2) is 0 Å². The zero-order valence-corrected chi connectivity index (χ0v) is 12.6. The quantitative estimate of drug-likeness (QED) is 0.827. The highest BCUT2D eigenvalue weighted by Gasteiger charge is 2.48. The smallest absolute Gasteiger partial charge is 0.307 e. The molecule has 1 aromatic carbocycles. The molecule has 0 aromatic heterocycles. The van der Waals surface area contributed by atoms with Crippen molar-refractivity contribution in [3.05, 3.63) is 28.2 Å². The first-order valence-corrected chi connectivity index (χ1v) is 7.15. The van der Waals surface area contributed by atoms with Gasteiger partial charge in [0.05, 0.1) is 18.9 Å². The molecular formula is C14H16BrNO4. The van der Waals surface area contributed by atoms with Crippen LogP contribution >= 0.6 is 15.9 Å². The number of carboxylic acids is 1. The van der Waals surface area contributed by atoms with Gasteiger partial charge in [0, 0.05) is 11.0 Å². The molecule has 1 aliphatic carbocycles. The van der Waals surface area contributed by atoms with Gasteiger partial charge in [-0.2, -0.15) is 0 Å². The van der Waals surface area contributed by atoms with Gasteiger partial charge in [-0.3, -0.25) is 9.59 Å². The van der Waals surface area contributed by atoms with Crippen LogP contribution in [0.15, 0.2) is 22.7 Å². The monoisotopic (exact) mass is 341 g/mol. The summed E-state index contributed by atoms with van der Waals surface area (Å²) < 4.78 is 6.11. The summed E-state index contributed by atoms with van der Waals surface area (Å²) in [5, 5.41) is 11.5. The minimum absolute atomic E-state index is 0.170. The molecule has 108 valence electrons. The summed E-state index contributed by atoms with van der Waals surface area (Å²) in [6, 6.07) is 5.67. The molecule has 0 aliphatic heterocycles. The third-order valence-electron chi connectivity index (χ3n) is 3.39. The molecule has 5 nitrogen and oxygen atoms in total. The summed E-state index contributed by atoms with van der Waals surface area (Å²) in [4.78, 5) is 22.4. The second-order valence-corrected chi connectivity index (χ2v) is 5.64. The van der Waals surface area contributed by atoms with Crippen molar-refractivity contribution in [2.75, 3.05) is 13.7 Å². The largest absolute Gasteiger partial charge is 0.497 e. The van der Waals surface area contributed by atoms with Crippen LogP contribution in [0.5, 0.6) is 5.75 Å². The number of amides is 1. The van der Waals surface area contributed by atoms with E-state index in [1.165, 1.54) is 0 Å². The summed E-state index contributed by atoms with van der Waals surface area (Å²) in [6.45, 7) is 0.480.